The molecule has 10 unspecified atom stereocenters. The van der Waals surface area contributed by atoms with Crippen LogP contribution in [0.25, 0.3) is 0 Å². The number of carbonyl (C=O) groups is 12. The summed E-state index contributed by atoms with van der Waals surface area (Å²) in [4.78, 5) is 160. The molecule has 0 saturated carbocycles. The minimum Gasteiger partial charge on any atom is -0.508 e. The summed E-state index contributed by atoms with van der Waals surface area (Å²) in [6, 6.07) is -7.17. The van der Waals surface area contributed by atoms with Crippen LogP contribution >= 0.6 is 0 Å². The average molecular weight is 1060 g/mol. The number of phenolic OH excluding ortho intramolecular Hbond substituents is 1. The summed E-state index contributed by atoms with van der Waals surface area (Å²) < 4.78 is 0. The van der Waals surface area contributed by atoms with Gasteiger partial charge in [0.25, 0.3) is 0 Å². The second kappa shape index (κ2) is 30.7. The van der Waals surface area contributed by atoms with E-state index in [1.165, 1.54) is 29.2 Å². The quantitative estimate of drug-likeness (QED) is 0.0332. The lowest BCUT2D eigenvalue weighted by molar-refractivity contribution is -0.146. The number of nitrogens with one attached hydrogen (secondary N) is 7. The molecule has 2 rings (SSSR count). The largest absolute Gasteiger partial charge is 0.508 e. The van der Waals surface area contributed by atoms with E-state index in [1.807, 2.05) is 0 Å². The summed E-state index contributed by atoms with van der Waals surface area (Å²) in [5.41, 5.74) is 27.8. The lowest BCUT2D eigenvalue weighted by Crippen LogP contribution is -2.63. The second-order valence-electron chi connectivity index (χ2n) is 19.4. The number of aliphatic hydroxyl groups is 1. The van der Waals surface area contributed by atoms with Gasteiger partial charge in [0.15, 0.2) is 0 Å². The molecule has 0 bridgehead atoms. The van der Waals surface area contributed by atoms with Gasteiger partial charge in [-0.05, 0) is 67.6 Å². The molecule has 1 aromatic carbocycles. The standard InChI is InChI=1S/C48H77N13O14/c1-7-25(6)39(47(74)59-38(24(4)5)46(73)54-28(40(53)67)15-17-34(49)64)60-44(71)33-10-8-9-19-61(33)48(75)31(20-26-11-13-27(63)14-12-26)57-42(69)30(21-36(51)66)56-41(68)29(16-18-35(50)65)55-43(70)32(22-62)58-45(72)37(52)23(2)3/h11-14,23-25,28-33,37-39,62-63H,7-10,15-22,52H2,1-6H3,(H2,49,64)(H2,50,65)(H2,51,66)(H2,53,67)(H,54,73)(H,55,70)(H,56,68)(H,57,69)(H,58,72)(H,59,74)(H,60,71). The maximum absolute atomic E-state index is 14.8. The van der Waals surface area contributed by atoms with Gasteiger partial charge in [0, 0.05) is 25.8 Å². The van der Waals surface area contributed by atoms with Gasteiger partial charge in [0.1, 0.15) is 54.1 Å². The molecule has 1 fully saturated rings. The van der Waals surface area contributed by atoms with Crippen molar-refractivity contribution in [3.8, 4) is 5.75 Å². The number of likely N-dealkylation sites (tertiary alicyclic amines) is 1. The molecule has 1 aromatic rings. The fourth-order valence-corrected chi connectivity index (χ4v) is 7.85. The van der Waals surface area contributed by atoms with Crippen LogP contribution in [0.1, 0.15) is 105 Å². The number of phenols is 1. The van der Waals surface area contributed by atoms with Gasteiger partial charge in [0.05, 0.1) is 19.1 Å². The molecule has 0 aliphatic carbocycles. The topological polar surface area (TPSA) is 463 Å². The Bertz CT molecular complexity index is 2210. The zero-order valence-electron chi connectivity index (χ0n) is 43.4. The number of aromatic hydroxyl groups is 1. The van der Waals surface area contributed by atoms with Gasteiger partial charge >= 0.3 is 0 Å². The number of nitrogens with two attached hydrogens (primary N) is 5. The molecule has 10 atom stereocenters. The minimum absolute atomic E-state index is 0.00712. The van der Waals surface area contributed by atoms with Gasteiger partial charge in [-0.15, -0.1) is 0 Å². The molecule has 1 aliphatic heterocycles. The molecule has 418 valence electrons. The van der Waals surface area contributed by atoms with Gasteiger partial charge in [0.2, 0.25) is 70.9 Å². The fraction of sp³-hybridized carbons (Fsp3) is 0.625. The number of benzene rings is 1. The van der Waals surface area contributed by atoms with Crippen molar-refractivity contribution in [3.63, 3.8) is 0 Å². The van der Waals surface area contributed by atoms with Gasteiger partial charge in [-0.2, -0.15) is 0 Å². The SMILES string of the molecule is CCC(C)C(NC(=O)C1CCCCN1C(=O)C(Cc1ccc(O)cc1)NC(=O)C(CC(N)=O)NC(=O)C(CCC(N)=O)NC(=O)C(CO)NC(=O)C(N)C(C)C)C(=O)NC(C(=O)NC(CCC(N)=O)C(N)=O)C(C)C. The molecule has 75 heavy (non-hydrogen) atoms. The van der Waals surface area contributed by atoms with E-state index >= 15 is 0 Å². The van der Waals surface area contributed by atoms with Gasteiger partial charge in [-0.3, -0.25) is 57.5 Å². The first-order valence-electron chi connectivity index (χ1n) is 24.8. The van der Waals surface area contributed by atoms with Crippen LogP contribution in [0.4, 0.5) is 0 Å². The lowest BCUT2D eigenvalue weighted by Gasteiger charge is -2.38. The highest BCUT2D eigenvalue weighted by atomic mass is 16.3. The van der Waals surface area contributed by atoms with Crippen LogP contribution in [0.3, 0.4) is 0 Å². The van der Waals surface area contributed by atoms with E-state index in [4.69, 9.17) is 28.7 Å². The van der Waals surface area contributed by atoms with Crippen LogP contribution in [0.15, 0.2) is 24.3 Å². The summed E-state index contributed by atoms with van der Waals surface area (Å²) in [6.45, 7) is 9.04. The van der Waals surface area contributed by atoms with Crippen molar-refractivity contribution in [1.82, 2.24) is 42.1 Å². The smallest absolute Gasteiger partial charge is 0.246 e. The van der Waals surface area contributed by atoms with Crippen molar-refractivity contribution in [2.24, 2.45) is 46.4 Å². The van der Waals surface area contributed by atoms with E-state index in [0.717, 1.165) is 0 Å². The Morgan fingerprint density at radius 1 is 0.600 bits per heavy atom. The number of piperidine rings is 1. The van der Waals surface area contributed by atoms with Crippen molar-refractivity contribution in [2.45, 2.75) is 160 Å². The van der Waals surface area contributed by atoms with Crippen LogP contribution in [0, 0.1) is 17.8 Å². The molecule has 12 amide bonds. The molecule has 0 radical (unpaired) electrons. The Morgan fingerprint density at radius 2 is 1.11 bits per heavy atom. The Morgan fingerprint density at radius 3 is 1.63 bits per heavy atom. The highest BCUT2D eigenvalue weighted by molar-refractivity contribution is 5.99. The highest BCUT2D eigenvalue weighted by Gasteiger charge is 2.41. The number of primary amides is 4. The summed E-state index contributed by atoms with van der Waals surface area (Å²) in [5.74, 6) is -12.5. The monoisotopic (exact) mass is 1060 g/mol. The molecular formula is C48H77N13O14. The van der Waals surface area contributed by atoms with Crippen molar-refractivity contribution < 1.29 is 67.7 Å². The van der Waals surface area contributed by atoms with E-state index < -0.39 is 163 Å². The predicted octanol–water partition coefficient (Wildman–Crippen LogP) is -4.72. The zero-order chi connectivity index (χ0) is 56.9. The van der Waals surface area contributed by atoms with Crippen LogP contribution < -0.4 is 65.9 Å². The first kappa shape index (κ1) is 63.7. The van der Waals surface area contributed by atoms with Crippen LogP contribution in [-0.2, 0) is 64.0 Å². The number of rotatable bonds is 31. The van der Waals surface area contributed by atoms with Crippen LogP contribution in [0.5, 0.6) is 5.75 Å². The van der Waals surface area contributed by atoms with Gasteiger partial charge in [-0.1, -0.05) is 60.1 Å². The number of hydrogen-bond acceptors (Lipinski definition) is 15. The van der Waals surface area contributed by atoms with E-state index in [-0.39, 0.29) is 43.9 Å². The van der Waals surface area contributed by atoms with Crippen LogP contribution in [-0.4, -0.2) is 154 Å². The molecule has 0 aromatic heterocycles. The summed E-state index contributed by atoms with van der Waals surface area (Å²) in [6.07, 6.45) is -1.18. The third-order valence-electron chi connectivity index (χ3n) is 12.6. The third kappa shape index (κ3) is 20.8. The normalized spacial score (nSPS) is 17.0. The predicted molar refractivity (Wildman–Crippen MR) is 269 cm³/mol. The molecule has 19 N–H and O–H groups in total. The molecule has 1 aliphatic rings. The Hall–Kier alpha value is -7.42. The third-order valence-corrected chi connectivity index (χ3v) is 12.6. The van der Waals surface area contributed by atoms with E-state index in [2.05, 4.69) is 37.2 Å². The average Bonchev–Trinajstić information content (AvgIpc) is 3.34. The van der Waals surface area contributed by atoms with E-state index in [1.54, 1.807) is 41.5 Å². The molecule has 27 heteroatoms. The van der Waals surface area contributed by atoms with Crippen molar-refractivity contribution in [2.75, 3.05) is 13.2 Å². The number of amides is 12. The van der Waals surface area contributed by atoms with E-state index in [0.29, 0.717) is 24.8 Å². The zero-order valence-corrected chi connectivity index (χ0v) is 43.4. The Kier molecular flexibility index (Phi) is 26.1. The molecule has 27 nitrogen and oxygen atoms in total. The number of nitrogens with zero attached hydrogens (tertiary/aromatic N) is 1. The Balaban J connectivity index is 2.50. The first-order valence-corrected chi connectivity index (χ1v) is 24.8. The maximum Gasteiger partial charge on any atom is 0.246 e. The fourth-order valence-electron chi connectivity index (χ4n) is 7.85. The molecule has 1 heterocycles. The molecule has 0 spiro atoms. The number of hydrogen-bond donors (Lipinski definition) is 14. The van der Waals surface area contributed by atoms with Crippen LogP contribution in [0.2, 0.25) is 0 Å². The number of aliphatic hydroxyl groups excluding tert-OH is 1. The van der Waals surface area contributed by atoms with Crippen molar-refractivity contribution >= 4 is 70.9 Å². The van der Waals surface area contributed by atoms with Gasteiger partial charge < -0.3 is 81.0 Å². The highest BCUT2D eigenvalue weighted by Crippen LogP contribution is 2.22. The van der Waals surface area contributed by atoms with Crippen molar-refractivity contribution in [1.29, 1.82) is 0 Å². The maximum atomic E-state index is 14.8. The summed E-state index contributed by atoms with van der Waals surface area (Å²) >= 11 is 0. The lowest BCUT2D eigenvalue weighted by atomic mass is 9.94. The molecular weight excluding hydrogens is 983 g/mol. The van der Waals surface area contributed by atoms with Crippen molar-refractivity contribution in [3.05, 3.63) is 29.8 Å². The molecule has 1 saturated heterocycles. The first-order chi connectivity index (χ1) is 35.1. The number of carbonyl (C=O) groups excluding carboxylic acids is 12. The Labute approximate surface area is 435 Å². The minimum atomic E-state index is -1.83. The summed E-state index contributed by atoms with van der Waals surface area (Å²) in [7, 11) is 0. The van der Waals surface area contributed by atoms with Gasteiger partial charge in [-0.25, -0.2) is 0 Å². The second-order valence-corrected chi connectivity index (χ2v) is 19.4. The van der Waals surface area contributed by atoms with E-state index in [9.17, 15) is 67.7 Å². The summed E-state index contributed by atoms with van der Waals surface area (Å²) in [5, 5.41) is 37.3.